The summed E-state index contributed by atoms with van der Waals surface area (Å²) in [5.74, 6) is 1.90. The minimum atomic E-state index is 0.614. The Morgan fingerprint density at radius 2 is 1.00 bits per heavy atom. The lowest BCUT2D eigenvalue weighted by molar-refractivity contribution is 0.669. The van der Waals surface area contributed by atoms with Crippen molar-refractivity contribution < 1.29 is 4.42 Å². The van der Waals surface area contributed by atoms with Crippen LogP contribution in [0.2, 0.25) is 0 Å². The molecule has 0 aliphatic carbocycles. The summed E-state index contributed by atoms with van der Waals surface area (Å²) in [6.45, 7) is 0. The lowest BCUT2D eigenvalue weighted by atomic mass is 10.1. The Bertz CT molecular complexity index is 2480. The Labute approximate surface area is 244 Å². The highest BCUT2D eigenvalue weighted by Gasteiger charge is 2.16. The predicted octanol–water partition coefficient (Wildman–Crippen LogP) is 10.3. The number of hydrogen-bond donors (Lipinski definition) is 0. The third-order valence-electron chi connectivity index (χ3n) is 7.90. The van der Waals surface area contributed by atoms with Crippen molar-refractivity contribution in [1.29, 1.82) is 0 Å². The fourth-order valence-corrected chi connectivity index (χ4v) is 6.96. The molecule has 0 amide bonds. The van der Waals surface area contributed by atoms with Crippen LogP contribution in [-0.4, -0.2) is 15.0 Å². The largest absolute Gasteiger partial charge is 0.456 e. The molecule has 0 saturated heterocycles. The van der Waals surface area contributed by atoms with Crippen molar-refractivity contribution in [2.75, 3.05) is 0 Å². The third kappa shape index (κ3) is 3.71. The third-order valence-corrected chi connectivity index (χ3v) is 9.04. The number of thiophene rings is 1. The second kappa shape index (κ2) is 9.06. The zero-order valence-electron chi connectivity index (χ0n) is 22.3. The van der Waals surface area contributed by atoms with Crippen molar-refractivity contribution in [2.24, 2.45) is 0 Å². The van der Waals surface area contributed by atoms with E-state index in [9.17, 15) is 0 Å². The summed E-state index contributed by atoms with van der Waals surface area (Å²) in [5, 5.41) is 7.06. The molecule has 6 aromatic carbocycles. The van der Waals surface area contributed by atoms with Crippen LogP contribution in [0, 0.1) is 0 Å². The van der Waals surface area contributed by atoms with E-state index in [-0.39, 0.29) is 0 Å². The zero-order valence-corrected chi connectivity index (χ0v) is 23.1. The van der Waals surface area contributed by atoms with Gasteiger partial charge in [-0.15, -0.1) is 11.3 Å². The number of furan rings is 1. The molecule has 0 unspecified atom stereocenters. The standard InChI is InChI=1S/C37H21N3OS/c1-2-8-22(9-3-1)35-38-36(40-37(39-35)26-15-17-29-28-12-6-7-13-33(28)42-34(29)21-26)25-14-16-27-30-18-23-10-4-5-11-24(23)19-32(30)41-31(27)20-25/h1-21H. The molecule has 0 radical (unpaired) electrons. The highest BCUT2D eigenvalue weighted by molar-refractivity contribution is 7.25. The van der Waals surface area contributed by atoms with Gasteiger partial charge in [0.15, 0.2) is 17.5 Å². The summed E-state index contributed by atoms with van der Waals surface area (Å²) in [6, 6.07) is 44.0. The fourth-order valence-electron chi connectivity index (χ4n) is 5.82. The number of benzene rings is 6. The summed E-state index contributed by atoms with van der Waals surface area (Å²) < 4.78 is 8.85. The van der Waals surface area contributed by atoms with Crippen molar-refractivity contribution in [3.63, 3.8) is 0 Å². The molecule has 196 valence electrons. The van der Waals surface area contributed by atoms with E-state index >= 15 is 0 Å². The molecule has 0 aliphatic rings. The molecule has 0 atom stereocenters. The van der Waals surface area contributed by atoms with Crippen LogP contribution in [0.5, 0.6) is 0 Å². The van der Waals surface area contributed by atoms with Gasteiger partial charge in [-0.2, -0.15) is 0 Å². The van der Waals surface area contributed by atoms with E-state index in [2.05, 4.69) is 91.0 Å². The van der Waals surface area contributed by atoms with Gasteiger partial charge < -0.3 is 4.42 Å². The molecule has 4 nitrogen and oxygen atoms in total. The first kappa shape index (κ1) is 23.3. The molecular weight excluding hydrogens is 534 g/mol. The maximum atomic E-state index is 6.36. The Morgan fingerprint density at radius 1 is 0.405 bits per heavy atom. The molecule has 9 rings (SSSR count). The van der Waals surface area contributed by atoms with Gasteiger partial charge in [0.1, 0.15) is 11.2 Å². The molecule has 5 heteroatoms. The lowest BCUT2D eigenvalue weighted by Gasteiger charge is -2.08. The van der Waals surface area contributed by atoms with E-state index in [4.69, 9.17) is 19.4 Å². The Balaban J connectivity index is 1.23. The molecule has 9 aromatic rings. The topological polar surface area (TPSA) is 51.8 Å². The van der Waals surface area contributed by atoms with Crippen LogP contribution >= 0.6 is 11.3 Å². The minimum Gasteiger partial charge on any atom is -0.456 e. The molecule has 42 heavy (non-hydrogen) atoms. The van der Waals surface area contributed by atoms with Gasteiger partial charge in [0, 0.05) is 47.6 Å². The average molecular weight is 556 g/mol. The second-order valence-corrected chi connectivity index (χ2v) is 11.6. The van der Waals surface area contributed by atoms with E-state index in [1.807, 2.05) is 36.4 Å². The van der Waals surface area contributed by atoms with Crippen LogP contribution in [-0.2, 0) is 0 Å². The maximum absolute atomic E-state index is 6.36. The predicted molar refractivity (Wildman–Crippen MR) is 174 cm³/mol. The minimum absolute atomic E-state index is 0.614. The van der Waals surface area contributed by atoms with E-state index < -0.39 is 0 Å². The number of aromatic nitrogens is 3. The first-order valence-corrected chi connectivity index (χ1v) is 14.7. The lowest BCUT2D eigenvalue weighted by Crippen LogP contribution is -2.00. The summed E-state index contributed by atoms with van der Waals surface area (Å²) >= 11 is 1.79. The number of nitrogens with zero attached hydrogens (tertiary/aromatic N) is 3. The van der Waals surface area contributed by atoms with Crippen LogP contribution in [0.25, 0.3) is 87.0 Å². The van der Waals surface area contributed by atoms with Crippen molar-refractivity contribution in [3.8, 4) is 34.2 Å². The van der Waals surface area contributed by atoms with Crippen molar-refractivity contribution in [2.45, 2.75) is 0 Å². The van der Waals surface area contributed by atoms with Gasteiger partial charge in [0.25, 0.3) is 0 Å². The maximum Gasteiger partial charge on any atom is 0.164 e. The molecule has 0 aliphatic heterocycles. The molecular formula is C37H21N3OS. The van der Waals surface area contributed by atoms with Crippen LogP contribution in [0.4, 0.5) is 0 Å². The van der Waals surface area contributed by atoms with Crippen LogP contribution in [0.3, 0.4) is 0 Å². The zero-order chi connectivity index (χ0) is 27.6. The van der Waals surface area contributed by atoms with Crippen molar-refractivity contribution >= 4 is 64.2 Å². The molecule has 0 bridgehead atoms. The van der Waals surface area contributed by atoms with Gasteiger partial charge in [0.05, 0.1) is 0 Å². The highest BCUT2D eigenvalue weighted by atomic mass is 32.1. The monoisotopic (exact) mass is 555 g/mol. The SMILES string of the molecule is c1ccc(-c2nc(-c3ccc4c(c3)oc3cc5ccccc5cc34)nc(-c3ccc4c(c3)sc3ccccc34)n2)cc1. The van der Waals surface area contributed by atoms with Gasteiger partial charge in [-0.05, 0) is 47.2 Å². The Hall–Kier alpha value is -5.39. The highest BCUT2D eigenvalue weighted by Crippen LogP contribution is 2.37. The molecule has 0 saturated carbocycles. The van der Waals surface area contributed by atoms with E-state index in [0.717, 1.165) is 44.0 Å². The van der Waals surface area contributed by atoms with E-state index in [1.54, 1.807) is 11.3 Å². The first-order chi connectivity index (χ1) is 20.8. The Kier molecular flexibility index (Phi) is 5.03. The molecule has 0 fully saturated rings. The second-order valence-electron chi connectivity index (χ2n) is 10.5. The van der Waals surface area contributed by atoms with Gasteiger partial charge in [-0.25, -0.2) is 15.0 Å². The molecule has 0 N–H and O–H groups in total. The van der Waals surface area contributed by atoms with Gasteiger partial charge in [-0.3, -0.25) is 0 Å². The average Bonchev–Trinajstić information content (AvgIpc) is 3.60. The van der Waals surface area contributed by atoms with Crippen molar-refractivity contribution in [1.82, 2.24) is 15.0 Å². The summed E-state index contributed by atoms with van der Waals surface area (Å²) in [7, 11) is 0. The number of hydrogen-bond acceptors (Lipinski definition) is 5. The van der Waals surface area contributed by atoms with Gasteiger partial charge in [0.2, 0.25) is 0 Å². The molecule has 3 aromatic heterocycles. The smallest absolute Gasteiger partial charge is 0.164 e. The van der Waals surface area contributed by atoms with Crippen LogP contribution in [0.15, 0.2) is 132 Å². The summed E-state index contributed by atoms with van der Waals surface area (Å²) in [4.78, 5) is 14.9. The molecule has 0 spiro atoms. The summed E-state index contributed by atoms with van der Waals surface area (Å²) in [6.07, 6.45) is 0. The number of fused-ring (bicyclic) bond motifs is 7. The van der Waals surface area contributed by atoms with Crippen LogP contribution in [0.1, 0.15) is 0 Å². The van der Waals surface area contributed by atoms with Gasteiger partial charge >= 0.3 is 0 Å². The quantitative estimate of drug-likeness (QED) is 0.218. The van der Waals surface area contributed by atoms with Crippen molar-refractivity contribution in [3.05, 3.63) is 127 Å². The normalized spacial score (nSPS) is 11.8. The number of rotatable bonds is 3. The Morgan fingerprint density at radius 3 is 1.81 bits per heavy atom. The molecule has 3 heterocycles. The first-order valence-electron chi connectivity index (χ1n) is 13.9. The van der Waals surface area contributed by atoms with Crippen LogP contribution < -0.4 is 0 Å². The van der Waals surface area contributed by atoms with E-state index in [1.165, 1.54) is 25.6 Å². The fraction of sp³-hybridized carbons (Fsp3) is 0. The summed E-state index contributed by atoms with van der Waals surface area (Å²) in [5.41, 5.74) is 4.48. The van der Waals surface area contributed by atoms with E-state index in [0.29, 0.717) is 17.5 Å². The van der Waals surface area contributed by atoms with Gasteiger partial charge in [-0.1, -0.05) is 91.0 Å².